The fraction of sp³-hybridized carbons (Fsp3) is 0.500. The monoisotopic (exact) mass is 340 g/mol. The number of ether oxygens (including phenoxy) is 1. The maximum Gasteiger partial charge on any atom is 0.407 e. The van der Waals surface area contributed by atoms with Gasteiger partial charge in [-0.25, -0.2) is 4.79 Å². The molecule has 6 nitrogen and oxygen atoms in total. The first-order chi connectivity index (χ1) is 10.6. The van der Waals surface area contributed by atoms with E-state index in [0.717, 1.165) is 0 Å². The largest absolute Gasteiger partial charge is 0.444 e. The molecule has 0 saturated heterocycles. The van der Waals surface area contributed by atoms with Gasteiger partial charge in [-0.3, -0.25) is 0 Å². The Morgan fingerprint density at radius 1 is 1.43 bits per heavy atom. The molecule has 0 aliphatic heterocycles. The van der Waals surface area contributed by atoms with Crippen molar-refractivity contribution in [1.82, 2.24) is 5.32 Å². The minimum absolute atomic E-state index is 0.130. The number of hydrogen-bond donors (Lipinski definition) is 3. The number of halogens is 1. The summed E-state index contributed by atoms with van der Waals surface area (Å²) in [5.74, 6) is 0. The Kier molecular flexibility index (Phi) is 6.82. The van der Waals surface area contributed by atoms with E-state index >= 15 is 0 Å². The van der Waals surface area contributed by atoms with E-state index in [0.29, 0.717) is 5.56 Å². The van der Waals surface area contributed by atoms with Gasteiger partial charge in [0.05, 0.1) is 16.7 Å². The van der Waals surface area contributed by atoms with Crippen LogP contribution in [0.4, 0.5) is 4.79 Å². The van der Waals surface area contributed by atoms with E-state index in [9.17, 15) is 15.0 Å². The summed E-state index contributed by atoms with van der Waals surface area (Å²) in [5, 5.41) is 31.8. The van der Waals surface area contributed by atoms with E-state index in [1.165, 1.54) is 12.1 Å². The average molecular weight is 341 g/mol. The van der Waals surface area contributed by atoms with Crippen molar-refractivity contribution in [3.63, 3.8) is 0 Å². The van der Waals surface area contributed by atoms with Crippen LogP contribution in [-0.4, -0.2) is 34.6 Å². The van der Waals surface area contributed by atoms with Gasteiger partial charge in [0.2, 0.25) is 0 Å². The van der Waals surface area contributed by atoms with Crippen molar-refractivity contribution >= 4 is 17.7 Å². The molecule has 0 saturated carbocycles. The summed E-state index contributed by atoms with van der Waals surface area (Å²) >= 11 is 5.82. The van der Waals surface area contributed by atoms with E-state index < -0.39 is 23.9 Å². The number of benzene rings is 1. The molecule has 0 fully saturated rings. The molecule has 1 rings (SSSR count). The Bertz CT molecular complexity index is 593. The molecular weight excluding hydrogens is 320 g/mol. The average Bonchev–Trinajstić information content (AvgIpc) is 2.45. The van der Waals surface area contributed by atoms with Crippen LogP contribution in [0.25, 0.3) is 0 Å². The highest BCUT2D eigenvalue weighted by atomic mass is 35.5. The zero-order valence-electron chi connectivity index (χ0n) is 13.3. The molecule has 1 aromatic rings. The second-order valence-corrected chi connectivity index (χ2v) is 6.49. The molecule has 3 N–H and O–H groups in total. The van der Waals surface area contributed by atoms with Crippen LogP contribution in [-0.2, 0) is 4.74 Å². The predicted molar refractivity (Wildman–Crippen MR) is 86.0 cm³/mol. The van der Waals surface area contributed by atoms with Gasteiger partial charge in [0.1, 0.15) is 17.8 Å². The van der Waals surface area contributed by atoms with Crippen molar-refractivity contribution in [2.24, 2.45) is 0 Å². The Balaban J connectivity index is 2.53. The van der Waals surface area contributed by atoms with Gasteiger partial charge in [0.25, 0.3) is 0 Å². The standard InChI is InChI=1S/C16H21ClN2O4/c1-16(2,3)23-15(22)19-7-6-13(20)14(21)10-4-5-12(17)11(8-10)9-18/h4-5,8,13-14,20-21H,6-7H2,1-3H3,(H,19,22). The number of aliphatic hydroxyl groups excluding tert-OH is 2. The molecule has 2 unspecified atom stereocenters. The van der Waals surface area contributed by atoms with Gasteiger partial charge in [0, 0.05) is 6.54 Å². The summed E-state index contributed by atoms with van der Waals surface area (Å²) in [6.07, 6.45) is -2.74. The zero-order valence-corrected chi connectivity index (χ0v) is 14.1. The van der Waals surface area contributed by atoms with E-state index in [1.807, 2.05) is 6.07 Å². The van der Waals surface area contributed by atoms with Crippen LogP contribution in [0.15, 0.2) is 18.2 Å². The van der Waals surface area contributed by atoms with E-state index in [2.05, 4.69) is 5.32 Å². The van der Waals surface area contributed by atoms with Crippen LogP contribution in [0.2, 0.25) is 5.02 Å². The predicted octanol–water partition coefficient (Wildman–Crippen LogP) is 2.52. The molecule has 0 aromatic heterocycles. The minimum Gasteiger partial charge on any atom is -0.444 e. The van der Waals surface area contributed by atoms with E-state index in [1.54, 1.807) is 26.8 Å². The van der Waals surface area contributed by atoms with Crippen LogP contribution >= 0.6 is 11.6 Å². The molecule has 126 valence electrons. The summed E-state index contributed by atoms with van der Waals surface area (Å²) < 4.78 is 5.06. The molecule has 1 aromatic carbocycles. The third kappa shape index (κ3) is 6.45. The Hall–Kier alpha value is -1.81. The number of nitrogens with one attached hydrogen (secondary N) is 1. The van der Waals surface area contributed by atoms with Gasteiger partial charge >= 0.3 is 6.09 Å². The van der Waals surface area contributed by atoms with Crippen molar-refractivity contribution in [3.8, 4) is 6.07 Å². The highest BCUT2D eigenvalue weighted by Crippen LogP contribution is 2.24. The van der Waals surface area contributed by atoms with Gasteiger partial charge in [-0.15, -0.1) is 0 Å². The number of hydrogen-bond acceptors (Lipinski definition) is 5. The van der Waals surface area contributed by atoms with Crippen LogP contribution < -0.4 is 5.32 Å². The van der Waals surface area contributed by atoms with Crippen molar-refractivity contribution in [3.05, 3.63) is 34.3 Å². The minimum atomic E-state index is -1.18. The SMILES string of the molecule is CC(C)(C)OC(=O)NCCC(O)C(O)c1ccc(Cl)c(C#N)c1. The normalized spacial score (nSPS) is 13.8. The lowest BCUT2D eigenvalue weighted by Crippen LogP contribution is -2.34. The molecule has 2 atom stereocenters. The van der Waals surface area contributed by atoms with Crippen molar-refractivity contribution < 1.29 is 19.7 Å². The van der Waals surface area contributed by atoms with Crippen molar-refractivity contribution in [2.75, 3.05) is 6.54 Å². The molecule has 7 heteroatoms. The first kappa shape index (κ1) is 19.2. The lowest BCUT2D eigenvalue weighted by Gasteiger charge is -2.21. The van der Waals surface area contributed by atoms with E-state index in [4.69, 9.17) is 21.6 Å². The molecule has 0 radical (unpaired) electrons. The van der Waals surface area contributed by atoms with Gasteiger partial charge in [0.15, 0.2) is 0 Å². The lowest BCUT2D eigenvalue weighted by molar-refractivity contribution is 0.0123. The maximum absolute atomic E-state index is 11.5. The van der Waals surface area contributed by atoms with Gasteiger partial charge in [-0.1, -0.05) is 17.7 Å². The van der Waals surface area contributed by atoms with Crippen molar-refractivity contribution in [2.45, 2.75) is 45.0 Å². The van der Waals surface area contributed by atoms with Gasteiger partial charge in [-0.05, 0) is 44.9 Å². The number of amides is 1. The van der Waals surface area contributed by atoms with Gasteiger partial charge < -0.3 is 20.3 Å². The van der Waals surface area contributed by atoms with Crippen LogP contribution in [0.5, 0.6) is 0 Å². The maximum atomic E-state index is 11.5. The molecule has 23 heavy (non-hydrogen) atoms. The third-order valence-electron chi connectivity index (χ3n) is 2.93. The topological polar surface area (TPSA) is 103 Å². The fourth-order valence-electron chi connectivity index (χ4n) is 1.83. The molecule has 0 aliphatic carbocycles. The number of rotatable bonds is 5. The third-order valence-corrected chi connectivity index (χ3v) is 3.25. The van der Waals surface area contributed by atoms with E-state index in [-0.39, 0.29) is 23.6 Å². The number of nitriles is 1. The van der Waals surface area contributed by atoms with Crippen molar-refractivity contribution in [1.29, 1.82) is 5.26 Å². The first-order valence-electron chi connectivity index (χ1n) is 7.16. The quantitative estimate of drug-likeness (QED) is 0.764. The number of carbonyl (C=O) groups excluding carboxylic acids is 1. The van der Waals surface area contributed by atoms with Crippen LogP contribution in [0, 0.1) is 11.3 Å². The molecule has 0 spiro atoms. The summed E-state index contributed by atoms with van der Waals surface area (Å²) in [5.41, 5.74) is 0.0113. The highest BCUT2D eigenvalue weighted by molar-refractivity contribution is 6.31. The number of alkyl carbamates (subject to hydrolysis) is 1. The lowest BCUT2D eigenvalue weighted by atomic mass is 10.0. The summed E-state index contributed by atoms with van der Waals surface area (Å²) in [6.45, 7) is 5.39. The molecular formula is C16H21ClN2O4. The molecule has 0 heterocycles. The Labute approximate surface area is 140 Å². The first-order valence-corrected chi connectivity index (χ1v) is 7.54. The second-order valence-electron chi connectivity index (χ2n) is 6.08. The summed E-state index contributed by atoms with van der Waals surface area (Å²) in [6, 6.07) is 6.37. The number of nitrogens with zero attached hydrogens (tertiary/aromatic N) is 1. The highest BCUT2D eigenvalue weighted by Gasteiger charge is 2.20. The molecule has 0 bridgehead atoms. The van der Waals surface area contributed by atoms with Gasteiger partial charge in [-0.2, -0.15) is 5.26 Å². The Morgan fingerprint density at radius 3 is 2.65 bits per heavy atom. The summed E-state index contributed by atoms with van der Waals surface area (Å²) in [4.78, 5) is 11.5. The molecule has 0 aliphatic rings. The fourth-order valence-corrected chi connectivity index (χ4v) is 1.99. The number of carbonyl (C=O) groups is 1. The number of aliphatic hydroxyl groups is 2. The molecule has 1 amide bonds. The zero-order chi connectivity index (χ0) is 17.6. The van der Waals surface area contributed by atoms with Crippen LogP contribution in [0.3, 0.4) is 0 Å². The van der Waals surface area contributed by atoms with Crippen LogP contribution in [0.1, 0.15) is 44.4 Å². The smallest absolute Gasteiger partial charge is 0.407 e. The summed E-state index contributed by atoms with van der Waals surface area (Å²) in [7, 11) is 0. The second kappa shape index (κ2) is 8.16. The Morgan fingerprint density at radius 2 is 2.09 bits per heavy atom.